The minimum Gasteiger partial charge on any atom is -0.378 e. The van der Waals surface area contributed by atoms with Crippen LogP contribution in [0.3, 0.4) is 0 Å². The van der Waals surface area contributed by atoms with E-state index in [1.807, 2.05) is 6.92 Å². The summed E-state index contributed by atoms with van der Waals surface area (Å²) < 4.78 is 45.4. The predicted molar refractivity (Wildman–Crippen MR) is 72.8 cm³/mol. The van der Waals surface area contributed by atoms with E-state index in [2.05, 4.69) is 20.7 Å². The summed E-state index contributed by atoms with van der Waals surface area (Å²) in [6, 6.07) is 3.51. The Morgan fingerprint density at radius 3 is 2.84 bits per heavy atom. The highest BCUT2D eigenvalue weighted by Crippen LogP contribution is 2.24. The molecule has 0 saturated carbocycles. The zero-order chi connectivity index (χ0) is 14.0. The number of nitrogens with one attached hydrogen (secondary N) is 1. The van der Waals surface area contributed by atoms with Gasteiger partial charge in [0.15, 0.2) is 0 Å². The van der Waals surface area contributed by atoms with E-state index in [-0.39, 0.29) is 21.4 Å². The topological polar surface area (TPSA) is 55.4 Å². The molecule has 1 aliphatic heterocycles. The average Bonchev–Trinajstić information content (AvgIpc) is 2.72. The normalized spacial score (nSPS) is 23.7. The van der Waals surface area contributed by atoms with E-state index in [0.717, 1.165) is 18.6 Å². The van der Waals surface area contributed by atoms with E-state index in [0.29, 0.717) is 13.2 Å². The van der Waals surface area contributed by atoms with Crippen LogP contribution in [0.25, 0.3) is 0 Å². The smallest absolute Gasteiger partial charge is 0.241 e. The summed E-state index contributed by atoms with van der Waals surface area (Å²) in [6.07, 6.45) is 0.897. The van der Waals surface area contributed by atoms with Crippen molar-refractivity contribution in [1.29, 1.82) is 0 Å². The fourth-order valence-corrected chi connectivity index (χ4v) is 4.17. The number of benzene rings is 1. The van der Waals surface area contributed by atoms with Crippen molar-refractivity contribution < 1.29 is 17.5 Å². The molecule has 0 bridgehead atoms. The molecule has 19 heavy (non-hydrogen) atoms. The molecule has 4 nitrogen and oxygen atoms in total. The second kappa shape index (κ2) is 5.87. The minimum absolute atomic E-state index is 0.0421. The molecular weight excluding hydrogens is 337 g/mol. The number of sulfonamides is 1. The van der Waals surface area contributed by atoms with Gasteiger partial charge in [-0.1, -0.05) is 0 Å². The van der Waals surface area contributed by atoms with Crippen molar-refractivity contribution >= 4 is 26.0 Å². The van der Waals surface area contributed by atoms with Crippen LogP contribution in [0, 0.1) is 11.7 Å². The lowest BCUT2D eigenvalue weighted by Crippen LogP contribution is -2.32. The minimum atomic E-state index is -3.64. The van der Waals surface area contributed by atoms with E-state index in [1.165, 1.54) is 6.07 Å². The van der Waals surface area contributed by atoms with Gasteiger partial charge in [0.05, 0.1) is 11.0 Å². The van der Waals surface area contributed by atoms with Gasteiger partial charge >= 0.3 is 0 Å². The van der Waals surface area contributed by atoms with Gasteiger partial charge in [-0.15, -0.1) is 0 Å². The van der Waals surface area contributed by atoms with Crippen molar-refractivity contribution in [3.63, 3.8) is 0 Å². The molecule has 0 aliphatic carbocycles. The zero-order valence-electron chi connectivity index (χ0n) is 10.4. The van der Waals surface area contributed by atoms with Crippen LogP contribution in [-0.2, 0) is 14.8 Å². The Morgan fingerprint density at radius 2 is 2.26 bits per heavy atom. The maximum absolute atomic E-state index is 13.0. The first-order chi connectivity index (χ1) is 8.90. The Labute approximate surface area is 120 Å². The molecule has 2 rings (SSSR count). The van der Waals surface area contributed by atoms with Crippen molar-refractivity contribution in [3.8, 4) is 0 Å². The second-order valence-electron chi connectivity index (χ2n) is 4.55. The standard InChI is InChI=1S/C12H15BrFNO3S/c1-8-9(4-5-18-8)7-15-19(16,17)12-3-2-10(14)6-11(12)13/h2-3,6,8-9,15H,4-5,7H2,1H3. The molecule has 1 saturated heterocycles. The first-order valence-corrected chi connectivity index (χ1v) is 8.24. The predicted octanol–water partition coefficient (Wildman–Crippen LogP) is 2.29. The zero-order valence-corrected chi connectivity index (χ0v) is 12.8. The van der Waals surface area contributed by atoms with Gasteiger partial charge < -0.3 is 4.74 Å². The largest absolute Gasteiger partial charge is 0.378 e. The van der Waals surface area contributed by atoms with Crippen LogP contribution in [0.4, 0.5) is 4.39 Å². The van der Waals surface area contributed by atoms with Crippen molar-refractivity contribution in [2.45, 2.75) is 24.3 Å². The van der Waals surface area contributed by atoms with E-state index in [4.69, 9.17) is 4.74 Å². The van der Waals surface area contributed by atoms with Crippen LogP contribution in [0.15, 0.2) is 27.6 Å². The van der Waals surface area contributed by atoms with Crippen LogP contribution in [-0.4, -0.2) is 27.7 Å². The molecule has 0 radical (unpaired) electrons. The van der Waals surface area contributed by atoms with Crippen LogP contribution in [0.2, 0.25) is 0 Å². The summed E-state index contributed by atoms with van der Waals surface area (Å²) >= 11 is 3.06. The molecule has 0 aromatic heterocycles. The number of hydrogen-bond acceptors (Lipinski definition) is 3. The fraction of sp³-hybridized carbons (Fsp3) is 0.500. The Hall–Kier alpha value is -0.500. The summed E-state index contributed by atoms with van der Waals surface area (Å²) in [5.74, 6) is -0.308. The molecule has 7 heteroatoms. The Kier molecular flexibility index (Phi) is 4.60. The van der Waals surface area contributed by atoms with Gasteiger partial charge in [0.1, 0.15) is 5.82 Å². The SMILES string of the molecule is CC1OCCC1CNS(=O)(=O)c1ccc(F)cc1Br. The number of hydrogen-bond donors (Lipinski definition) is 1. The molecule has 0 amide bonds. The summed E-state index contributed by atoms with van der Waals surface area (Å²) in [4.78, 5) is 0.0421. The molecule has 1 N–H and O–H groups in total. The third-order valence-corrected chi connectivity index (χ3v) is 5.65. The molecule has 1 heterocycles. The van der Waals surface area contributed by atoms with E-state index in [9.17, 15) is 12.8 Å². The number of ether oxygens (including phenoxy) is 1. The Morgan fingerprint density at radius 1 is 1.53 bits per heavy atom. The lowest BCUT2D eigenvalue weighted by Gasteiger charge is -2.15. The van der Waals surface area contributed by atoms with Crippen LogP contribution >= 0.6 is 15.9 Å². The molecule has 2 unspecified atom stereocenters. The third kappa shape index (κ3) is 3.53. The average molecular weight is 352 g/mol. The maximum atomic E-state index is 13.0. The summed E-state index contributed by atoms with van der Waals surface area (Å²) in [5, 5.41) is 0. The van der Waals surface area contributed by atoms with Gasteiger partial charge in [-0.3, -0.25) is 0 Å². The molecule has 1 fully saturated rings. The van der Waals surface area contributed by atoms with Gasteiger partial charge in [-0.05, 0) is 47.5 Å². The highest BCUT2D eigenvalue weighted by Gasteiger charge is 2.26. The van der Waals surface area contributed by atoms with Crippen molar-refractivity contribution in [3.05, 3.63) is 28.5 Å². The van der Waals surface area contributed by atoms with Crippen molar-refractivity contribution in [1.82, 2.24) is 4.72 Å². The van der Waals surface area contributed by atoms with E-state index < -0.39 is 15.8 Å². The van der Waals surface area contributed by atoms with Crippen LogP contribution < -0.4 is 4.72 Å². The highest BCUT2D eigenvalue weighted by molar-refractivity contribution is 9.10. The van der Waals surface area contributed by atoms with Gasteiger partial charge in [0.2, 0.25) is 10.0 Å². The summed E-state index contributed by atoms with van der Waals surface area (Å²) in [6.45, 7) is 2.92. The maximum Gasteiger partial charge on any atom is 0.241 e. The molecule has 2 atom stereocenters. The molecule has 1 aromatic rings. The monoisotopic (exact) mass is 351 g/mol. The van der Waals surface area contributed by atoms with E-state index >= 15 is 0 Å². The van der Waals surface area contributed by atoms with Crippen molar-refractivity contribution in [2.24, 2.45) is 5.92 Å². The summed E-state index contributed by atoms with van der Waals surface area (Å²) in [5.41, 5.74) is 0. The molecule has 1 aliphatic rings. The second-order valence-corrected chi connectivity index (χ2v) is 7.14. The molecular formula is C12H15BrFNO3S. The van der Waals surface area contributed by atoms with Crippen molar-refractivity contribution in [2.75, 3.05) is 13.2 Å². The quantitative estimate of drug-likeness (QED) is 0.905. The molecule has 1 aromatic carbocycles. The summed E-state index contributed by atoms with van der Waals surface area (Å²) in [7, 11) is -3.64. The van der Waals surface area contributed by atoms with Crippen LogP contribution in [0.5, 0.6) is 0 Å². The Bertz CT molecular complexity index is 564. The molecule has 106 valence electrons. The Balaban J connectivity index is 2.09. The first-order valence-electron chi connectivity index (χ1n) is 5.96. The number of rotatable bonds is 4. The lowest BCUT2D eigenvalue weighted by atomic mass is 10.0. The lowest BCUT2D eigenvalue weighted by molar-refractivity contribution is 0.107. The molecule has 0 spiro atoms. The van der Waals surface area contributed by atoms with Crippen LogP contribution in [0.1, 0.15) is 13.3 Å². The third-order valence-electron chi connectivity index (χ3n) is 3.25. The van der Waals surface area contributed by atoms with E-state index in [1.54, 1.807) is 0 Å². The van der Waals surface area contributed by atoms with Gasteiger partial charge in [0.25, 0.3) is 0 Å². The fourth-order valence-electron chi connectivity index (χ4n) is 2.03. The van der Waals surface area contributed by atoms with Gasteiger partial charge in [0, 0.05) is 23.5 Å². The highest BCUT2D eigenvalue weighted by atomic mass is 79.9. The number of halogens is 2. The van der Waals surface area contributed by atoms with Gasteiger partial charge in [-0.25, -0.2) is 17.5 Å². The first kappa shape index (κ1) is 14.9. The van der Waals surface area contributed by atoms with Gasteiger partial charge in [-0.2, -0.15) is 0 Å².